The number of hydrogen-bond donors (Lipinski definition) is 2. The number of benzene rings is 1. The first-order chi connectivity index (χ1) is 11.2. The Morgan fingerprint density at radius 1 is 1.29 bits per heavy atom. The fourth-order valence-corrected chi connectivity index (χ4v) is 2.71. The molecule has 2 rings (SSSR count). The van der Waals surface area contributed by atoms with Crippen LogP contribution in [0.15, 0.2) is 29.6 Å². The molecule has 0 unspecified atom stereocenters. The van der Waals surface area contributed by atoms with E-state index in [1.54, 1.807) is 26.0 Å². The second kappa shape index (κ2) is 6.23. The predicted molar refractivity (Wildman–Crippen MR) is 94.1 cm³/mol. The summed E-state index contributed by atoms with van der Waals surface area (Å²) in [6, 6.07) is 4.85. The van der Waals surface area contributed by atoms with E-state index >= 15 is 0 Å². The lowest BCUT2D eigenvalue weighted by Crippen LogP contribution is -2.28. The smallest absolute Gasteiger partial charge is 0.339 e. The number of hydrogen-bond acceptors (Lipinski definition) is 4. The molecule has 0 aliphatic rings. The van der Waals surface area contributed by atoms with Gasteiger partial charge in [-0.25, -0.2) is 4.79 Å². The lowest BCUT2D eigenvalue weighted by Gasteiger charge is -2.19. The zero-order chi connectivity index (χ0) is 18.2. The second-order valence-electron chi connectivity index (χ2n) is 5.64. The molecular weight excluding hydrogens is 308 g/mol. The number of carboxylic acids is 1. The number of nitrogens with two attached hydrogens (primary N) is 1. The first-order valence-electron chi connectivity index (χ1n) is 7.30. The molecule has 1 aromatic heterocycles. The van der Waals surface area contributed by atoms with Crippen LogP contribution in [0.4, 0.5) is 5.82 Å². The van der Waals surface area contributed by atoms with Crippen LogP contribution in [0.25, 0.3) is 11.3 Å². The van der Waals surface area contributed by atoms with Gasteiger partial charge in [-0.15, -0.1) is 0 Å². The summed E-state index contributed by atoms with van der Waals surface area (Å²) < 4.78 is 6.53. The van der Waals surface area contributed by atoms with Gasteiger partial charge in [0, 0.05) is 11.1 Å². The summed E-state index contributed by atoms with van der Waals surface area (Å²) in [5, 5.41) is 9.42. The first-order valence-corrected chi connectivity index (χ1v) is 7.30. The molecule has 0 atom stereocenters. The van der Waals surface area contributed by atoms with Gasteiger partial charge < -0.3 is 15.6 Å². The van der Waals surface area contributed by atoms with E-state index in [0.717, 1.165) is 5.56 Å². The highest BCUT2D eigenvalue weighted by Crippen LogP contribution is 2.29. The van der Waals surface area contributed by atoms with Crippen molar-refractivity contribution in [1.82, 2.24) is 4.57 Å². The maximum Gasteiger partial charge on any atom is 0.339 e. The molecule has 2 aromatic rings. The van der Waals surface area contributed by atoms with E-state index in [-0.39, 0.29) is 16.9 Å². The maximum absolute atomic E-state index is 12.9. The summed E-state index contributed by atoms with van der Waals surface area (Å²) in [4.78, 5) is 24.4. The van der Waals surface area contributed by atoms with Crippen LogP contribution in [0.1, 0.15) is 34.0 Å². The number of aryl methyl sites for hydroxylation is 1. The lowest BCUT2D eigenvalue weighted by atomic mass is 10.0. The van der Waals surface area contributed by atoms with Crippen molar-refractivity contribution in [3.8, 4) is 11.4 Å². The standard InChI is InChI=1S/C18H20N2O4/c1-9(2)12-8-13(18(22)23)16(19)20(17(12)21)15-10(3)6-7-14(24-5)11(15)4/h6-8H,1,19H2,2-5H3,(H,22,23). The fraction of sp³-hybridized carbons (Fsp3) is 0.222. The molecule has 0 bridgehead atoms. The van der Waals surface area contributed by atoms with Crippen LogP contribution < -0.4 is 16.0 Å². The number of ether oxygens (including phenoxy) is 1. The number of pyridine rings is 1. The Morgan fingerprint density at radius 3 is 2.42 bits per heavy atom. The van der Waals surface area contributed by atoms with Crippen LogP contribution in [-0.2, 0) is 0 Å². The van der Waals surface area contributed by atoms with Crippen LogP contribution >= 0.6 is 0 Å². The second-order valence-corrected chi connectivity index (χ2v) is 5.64. The zero-order valence-electron chi connectivity index (χ0n) is 14.1. The molecule has 6 heteroatoms. The molecule has 0 fully saturated rings. The molecule has 0 spiro atoms. The summed E-state index contributed by atoms with van der Waals surface area (Å²) in [7, 11) is 1.53. The molecular formula is C18H20N2O4. The van der Waals surface area contributed by atoms with Gasteiger partial charge in [0.25, 0.3) is 5.56 Å². The SMILES string of the molecule is C=C(C)c1cc(C(=O)O)c(N)n(-c2c(C)ccc(OC)c2C)c1=O. The number of allylic oxidation sites excluding steroid dienone is 1. The third kappa shape index (κ3) is 2.67. The Morgan fingerprint density at radius 2 is 1.92 bits per heavy atom. The maximum atomic E-state index is 12.9. The Labute approximate surface area is 139 Å². The molecule has 0 saturated heterocycles. The highest BCUT2D eigenvalue weighted by atomic mass is 16.5. The van der Waals surface area contributed by atoms with Gasteiger partial charge in [-0.3, -0.25) is 9.36 Å². The third-order valence-electron chi connectivity index (χ3n) is 3.96. The number of nitrogens with zero attached hydrogens (tertiary/aromatic N) is 1. The minimum Gasteiger partial charge on any atom is -0.496 e. The van der Waals surface area contributed by atoms with E-state index in [0.29, 0.717) is 22.6 Å². The molecule has 3 N–H and O–H groups in total. The number of rotatable bonds is 4. The summed E-state index contributed by atoms with van der Waals surface area (Å²) in [5.41, 5.74) is 8.14. The van der Waals surface area contributed by atoms with Gasteiger partial charge in [-0.2, -0.15) is 0 Å². The van der Waals surface area contributed by atoms with Crippen molar-refractivity contribution in [3.63, 3.8) is 0 Å². The number of anilines is 1. The molecule has 0 amide bonds. The minimum absolute atomic E-state index is 0.128. The van der Waals surface area contributed by atoms with Crippen LogP contribution in [0, 0.1) is 13.8 Å². The van der Waals surface area contributed by atoms with Crippen molar-refractivity contribution in [2.24, 2.45) is 0 Å². The summed E-state index contributed by atoms with van der Waals surface area (Å²) in [6.45, 7) is 9.02. The molecule has 1 aromatic carbocycles. The lowest BCUT2D eigenvalue weighted by molar-refractivity contribution is 0.0697. The number of nitrogen functional groups attached to an aromatic ring is 1. The van der Waals surface area contributed by atoms with Gasteiger partial charge in [0.2, 0.25) is 0 Å². The third-order valence-corrected chi connectivity index (χ3v) is 3.96. The number of aromatic nitrogens is 1. The Balaban J connectivity index is 3.03. The largest absolute Gasteiger partial charge is 0.496 e. The van der Waals surface area contributed by atoms with Gasteiger partial charge >= 0.3 is 5.97 Å². The van der Waals surface area contributed by atoms with Gasteiger partial charge in [0.05, 0.1) is 12.8 Å². The summed E-state index contributed by atoms with van der Waals surface area (Å²) in [5.74, 6) is -0.751. The molecule has 126 valence electrons. The van der Waals surface area contributed by atoms with Gasteiger partial charge in [0.15, 0.2) is 0 Å². The van der Waals surface area contributed by atoms with Crippen molar-refractivity contribution in [3.05, 3.63) is 57.4 Å². The topological polar surface area (TPSA) is 94.6 Å². The highest BCUT2D eigenvalue weighted by molar-refractivity contribution is 5.94. The monoisotopic (exact) mass is 328 g/mol. The number of aromatic carboxylic acids is 1. The Hall–Kier alpha value is -3.02. The van der Waals surface area contributed by atoms with Crippen molar-refractivity contribution >= 4 is 17.4 Å². The molecule has 1 heterocycles. The molecule has 0 aliphatic carbocycles. The van der Waals surface area contributed by atoms with E-state index in [4.69, 9.17) is 10.5 Å². The van der Waals surface area contributed by atoms with E-state index < -0.39 is 11.5 Å². The molecule has 6 nitrogen and oxygen atoms in total. The summed E-state index contributed by atoms with van der Waals surface area (Å²) in [6.07, 6.45) is 0. The predicted octanol–water partition coefficient (Wildman–Crippen LogP) is 2.78. The number of methoxy groups -OCH3 is 1. The van der Waals surface area contributed by atoms with Gasteiger partial charge in [-0.1, -0.05) is 12.6 Å². The average Bonchev–Trinajstić information content (AvgIpc) is 2.49. The minimum atomic E-state index is -1.21. The van der Waals surface area contributed by atoms with E-state index in [1.165, 1.54) is 17.7 Å². The quantitative estimate of drug-likeness (QED) is 0.900. The zero-order valence-corrected chi connectivity index (χ0v) is 14.1. The fourth-order valence-electron chi connectivity index (χ4n) is 2.71. The average molecular weight is 328 g/mol. The normalized spacial score (nSPS) is 10.5. The van der Waals surface area contributed by atoms with Gasteiger partial charge in [-0.05, 0) is 44.0 Å². The van der Waals surface area contributed by atoms with E-state index in [1.807, 2.05) is 6.92 Å². The van der Waals surface area contributed by atoms with E-state index in [9.17, 15) is 14.7 Å². The van der Waals surface area contributed by atoms with Crippen LogP contribution in [0.5, 0.6) is 5.75 Å². The highest BCUT2D eigenvalue weighted by Gasteiger charge is 2.21. The molecule has 24 heavy (non-hydrogen) atoms. The van der Waals surface area contributed by atoms with Crippen LogP contribution in [0.2, 0.25) is 0 Å². The van der Waals surface area contributed by atoms with Crippen LogP contribution in [-0.4, -0.2) is 22.8 Å². The Bertz CT molecular complexity index is 910. The van der Waals surface area contributed by atoms with Gasteiger partial charge in [0.1, 0.15) is 17.1 Å². The number of carbonyl (C=O) groups is 1. The van der Waals surface area contributed by atoms with Crippen LogP contribution in [0.3, 0.4) is 0 Å². The van der Waals surface area contributed by atoms with Crippen molar-refractivity contribution in [2.45, 2.75) is 20.8 Å². The molecule has 0 saturated carbocycles. The van der Waals surface area contributed by atoms with Crippen molar-refractivity contribution < 1.29 is 14.6 Å². The van der Waals surface area contributed by atoms with Crippen molar-refractivity contribution in [1.29, 1.82) is 0 Å². The Kier molecular flexibility index (Phi) is 4.50. The van der Waals surface area contributed by atoms with E-state index in [2.05, 4.69) is 6.58 Å². The molecule has 0 aliphatic heterocycles. The number of carboxylic acid groups (broad SMARTS) is 1. The molecule has 0 radical (unpaired) electrons. The first kappa shape index (κ1) is 17.3. The summed E-state index contributed by atoms with van der Waals surface area (Å²) >= 11 is 0. The van der Waals surface area contributed by atoms with Crippen molar-refractivity contribution in [2.75, 3.05) is 12.8 Å².